The Hall–Kier alpha value is -2.67. The smallest absolute Gasteiger partial charge is 0.255 e. The molecule has 0 radical (unpaired) electrons. The number of nitrogens with zero attached hydrogens (tertiary/aromatic N) is 4. The number of rotatable bonds is 5. The average molecular weight is 314 g/mol. The Kier molecular flexibility index (Phi) is 3.88. The van der Waals surface area contributed by atoms with Gasteiger partial charge in [-0.25, -0.2) is 8.42 Å². The maximum Gasteiger partial charge on any atom is 0.255 e. The highest BCUT2D eigenvalue weighted by molar-refractivity contribution is 7.93. The molecule has 0 atom stereocenters. The van der Waals surface area contributed by atoms with E-state index in [-0.39, 0.29) is 4.90 Å². The highest BCUT2D eigenvalue weighted by Gasteiger charge is 2.08. The number of aromatic nitrogens is 3. The summed E-state index contributed by atoms with van der Waals surface area (Å²) in [6, 6.07) is 17.9. The molecule has 112 valence electrons. The molecule has 0 aliphatic carbocycles. The molecule has 0 saturated heterocycles. The number of hydrogen-bond donors (Lipinski definition) is 0. The van der Waals surface area contributed by atoms with Crippen LogP contribution in [-0.2, 0) is 16.6 Å². The summed E-state index contributed by atoms with van der Waals surface area (Å²) in [7, 11) is -3.74. The Morgan fingerprint density at radius 2 is 1.64 bits per heavy atom. The van der Waals surface area contributed by atoms with Gasteiger partial charge in [-0.3, -0.25) is 4.68 Å². The molecule has 3 aromatic rings. The Labute approximate surface area is 128 Å². The van der Waals surface area contributed by atoms with Crippen LogP contribution in [0.1, 0.15) is 5.56 Å². The lowest BCUT2D eigenvalue weighted by Gasteiger charge is -2.16. The Balaban J connectivity index is 1.75. The van der Waals surface area contributed by atoms with Crippen LogP contribution in [0.4, 0.5) is 0 Å². The molecule has 0 saturated carbocycles. The van der Waals surface area contributed by atoms with Gasteiger partial charge >= 0.3 is 0 Å². The van der Waals surface area contributed by atoms with Crippen molar-refractivity contribution in [3.63, 3.8) is 0 Å². The summed E-state index contributed by atoms with van der Waals surface area (Å²) < 4.78 is 27.1. The summed E-state index contributed by atoms with van der Waals surface area (Å²) in [6.45, 7) is 0.550. The molecule has 0 unspecified atom stereocenters. The van der Waals surface area contributed by atoms with Crippen molar-refractivity contribution in [2.75, 3.05) is 0 Å². The van der Waals surface area contributed by atoms with Gasteiger partial charge in [0.2, 0.25) is 6.33 Å². The van der Waals surface area contributed by atoms with E-state index in [1.165, 1.54) is 29.5 Å². The van der Waals surface area contributed by atoms with Crippen LogP contribution in [0.25, 0.3) is 4.83 Å². The summed E-state index contributed by atoms with van der Waals surface area (Å²) in [5.41, 5.74) is 1.07. The van der Waals surface area contributed by atoms with Gasteiger partial charge in [0.15, 0.2) is 0 Å². The average Bonchev–Trinajstić information content (AvgIpc) is 2.95. The largest absolute Gasteiger partial charge is 0.439 e. The summed E-state index contributed by atoms with van der Waals surface area (Å²) in [5, 5.41) is 4.11. The molecular formula is C15H14N4O2S. The standard InChI is InChI=1S/C15H14N4O2S/c20-22(21,15-9-5-2-6-10-15)17-19-12-16-18(13-19)11-14-7-3-1-4-8-14/h1-10,12-13H,11H2. The van der Waals surface area contributed by atoms with Crippen LogP contribution < -0.4 is 4.68 Å². The zero-order chi connectivity index (χ0) is 15.4. The van der Waals surface area contributed by atoms with Gasteiger partial charge in [0.25, 0.3) is 6.33 Å². The molecule has 1 aromatic heterocycles. The lowest BCUT2D eigenvalue weighted by atomic mass is 10.2. The van der Waals surface area contributed by atoms with Gasteiger partial charge in [0, 0.05) is 5.10 Å². The summed E-state index contributed by atoms with van der Waals surface area (Å²) >= 11 is 0. The fraction of sp³-hybridized carbons (Fsp3) is 0.0667. The van der Waals surface area contributed by atoms with E-state index in [1.54, 1.807) is 22.9 Å². The third kappa shape index (κ3) is 3.32. The molecule has 0 aliphatic heterocycles. The molecule has 3 rings (SSSR count). The Morgan fingerprint density at radius 3 is 2.32 bits per heavy atom. The van der Waals surface area contributed by atoms with Crippen LogP contribution in [0.2, 0.25) is 0 Å². The Morgan fingerprint density at radius 1 is 1.00 bits per heavy atom. The SMILES string of the molecule is O=S(=O)([N-][n+]1cnn(Cc2ccccc2)c1)c1ccccc1. The minimum atomic E-state index is -3.74. The minimum absolute atomic E-state index is 0.151. The van der Waals surface area contributed by atoms with Gasteiger partial charge < -0.3 is 4.83 Å². The monoisotopic (exact) mass is 314 g/mol. The van der Waals surface area contributed by atoms with E-state index in [0.29, 0.717) is 6.54 Å². The van der Waals surface area contributed by atoms with E-state index in [9.17, 15) is 8.42 Å². The fourth-order valence-corrected chi connectivity index (χ4v) is 2.90. The maximum atomic E-state index is 12.1. The topological polar surface area (TPSA) is 69.9 Å². The number of sulfonamides is 1. The van der Waals surface area contributed by atoms with E-state index in [2.05, 4.69) is 9.93 Å². The molecule has 2 aromatic carbocycles. The van der Waals surface area contributed by atoms with Crippen LogP contribution in [-0.4, -0.2) is 18.2 Å². The second-order valence-electron chi connectivity index (χ2n) is 4.68. The minimum Gasteiger partial charge on any atom is -0.439 e. The van der Waals surface area contributed by atoms with Crippen LogP contribution in [0.5, 0.6) is 0 Å². The first-order chi connectivity index (χ1) is 10.6. The summed E-state index contributed by atoms with van der Waals surface area (Å²) in [6.07, 6.45) is 2.90. The van der Waals surface area contributed by atoms with Crippen LogP contribution in [0.3, 0.4) is 0 Å². The number of hydrogen-bond acceptors (Lipinski definition) is 3. The second-order valence-corrected chi connectivity index (χ2v) is 6.26. The maximum absolute atomic E-state index is 12.1. The third-order valence-corrected chi connectivity index (χ3v) is 4.27. The molecule has 0 aliphatic rings. The molecule has 0 N–H and O–H groups in total. The van der Waals surface area contributed by atoms with Gasteiger partial charge in [-0.15, -0.1) is 4.68 Å². The van der Waals surface area contributed by atoms with Crippen molar-refractivity contribution in [2.24, 2.45) is 0 Å². The first kappa shape index (κ1) is 14.3. The summed E-state index contributed by atoms with van der Waals surface area (Å²) in [5.74, 6) is 0. The van der Waals surface area contributed by atoms with Crippen molar-refractivity contribution in [3.05, 3.63) is 83.7 Å². The van der Waals surface area contributed by atoms with E-state index in [0.717, 1.165) is 5.56 Å². The number of benzene rings is 2. The van der Waals surface area contributed by atoms with Crippen molar-refractivity contribution in [1.82, 2.24) is 9.78 Å². The predicted molar refractivity (Wildman–Crippen MR) is 80.4 cm³/mol. The third-order valence-electron chi connectivity index (χ3n) is 3.00. The van der Waals surface area contributed by atoms with Crippen LogP contribution in [0, 0.1) is 0 Å². The van der Waals surface area contributed by atoms with E-state index < -0.39 is 10.0 Å². The van der Waals surface area contributed by atoms with Crippen molar-refractivity contribution in [1.29, 1.82) is 0 Å². The van der Waals surface area contributed by atoms with E-state index >= 15 is 0 Å². The molecule has 0 bridgehead atoms. The predicted octanol–water partition coefficient (Wildman–Crippen LogP) is 1.74. The molecule has 0 amide bonds. The van der Waals surface area contributed by atoms with Gasteiger partial charge in [-0.05, 0) is 17.7 Å². The van der Waals surface area contributed by atoms with Crippen LogP contribution in [0.15, 0.2) is 78.2 Å². The molecule has 6 nitrogen and oxygen atoms in total. The van der Waals surface area contributed by atoms with Crippen LogP contribution >= 0.6 is 0 Å². The molecule has 7 heteroatoms. The first-order valence-corrected chi connectivity index (χ1v) is 8.08. The highest BCUT2D eigenvalue weighted by Crippen LogP contribution is 2.13. The zero-order valence-corrected chi connectivity index (χ0v) is 12.5. The van der Waals surface area contributed by atoms with Crippen molar-refractivity contribution < 1.29 is 13.1 Å². The van der Waals surface area contributed by atoms with Gasteiger partial charge in [-0.1, -0.05) is 48.5 Å². The molecule has 22 heavy (non-hydrogen) atoms. The van der Waals surface area contributed by atoms with E-state index in [1.807, 2.05) is 30.3 Å². The molecule has 0 spiro atoms. The van der Waals surface area contributed by atoms with Crippen molar-refractivity contribution in [3.8, 4) is 0 Å². The van der Waals surface area contributed by atoms with Gasteiger partial charge in [0.1, 0.15) is 16.6 Å². The molecular weight excluding hydrogens is 300 g/mol. The summed E-state index contributed by atoms with van der Waals surface area (Å²) in [4.78, 5) is 3.88. The lowest BCUT2D eigenvalue weighted by molar-refractivity contribution is -0.614. The van der Waals surface area contributed by atoms with Gasteiger partial charge in [0.05, 0.1) is 4.90 Å². The fourth-order valence-electron chi connectivity index (χ4n) is 1.97. The normalized spacial score (nSPS) is 11.3. The Bertz CT molecular complexity index is 846. The first-order valence-electron chi connectivity index (χ1n) is 6.64. The lowest BCUT2D eigenvalue weighted by Crippen LogP contribution is -2.29. The second kappa shape index (κ2) is 5.98. The molecule has 1 heterocycles. The molecule has 0 fully saturated rings. The van der Waals surface area contributed by atoms with E-state index in [4.69, 9.17) is 0 Å². The van der Waals surface area contributed by atoms with Crippen molar-refractivity contribution >= 4 is 10.0 Å². The van der Waals surface area contributed by atoms with Crippen molar-refractivity contribution in [2.45, 2.75) is 11.4 Å². The quantitative estimate of drug-likeness (QED) is 0.674. The van der Waals surface area contributed by atoms with Gasteiger partial charge in [-0.2, -0.15) is 0 Å². The highest BCUT2D eigenvalue weighted by atomic mass is 32.2. The zero-order valence-electron chi connectivity index (χ0n) is 11.6.